The summed E-state index contributed by atoms with van der Waals surface area (Å²) in [5, 5.41) is 2.87. The summed E-state index contributed by atoms with van der Waals surface area (Å²) < 4.78 is 10.5. The van der Waals surface area contributed by atoms with E-state index in [1.54, 1.807) is 32.4 Å². The minimum absolute atomic E-state index is 0.187. The first kappa shape index (κ1) is 17.7. The van der Waals surface area contributed by atoms with Crippen LogP contribution in [-0.2, 0) is 0 Å². The Bertz CT molecular complexity index is 680. The van der Waals surface area contributed by atoms with Gasteiger partial charge in [-0.2, -0.15) is 0 Å². The number of rotatable bonds is 7. The van der Waals surface area contributed by atoms with Crippen LogP contribution < -0.4 is 19.7 Å². The number of nitrogens with zero attached hydrogens (tertiary/aromatic N) is 1. The predicted octanol–water partition coefficient (Wildman–Crippen LogP) is 3.80. The third-order valence-corrected chi connectivity index (χ3v) is 3.91. The van der Waals surface area contributed by atoms with Gasteiger partial charge in [0.15, 0.2) is 0 Å². The Kier molecular flexibility index (Phi) is 6.07. The maximum Gasteiger partial charge on any atom is 0.255 e. The van der Waals surface area contributed by atoms with E-state index in [4.69, 9.17) is 9.47 Å². The molecule has 2 aromatic rings. The highest BCUT2D eigenvalue weighted by atomic mass is 16.5. The minimum Gasteiger partial charge on any atom is -0.497 e. The fourth-order valence-electron chi connectivity index (χ4n) is 2.52. The van der Waals surface area contributed by atoms with Crippen LogP contribution in [0.2, 0.25) is 0 Å². The van der Waals surface area contributed by atoms with E-state index in [0.29, 0.717) is 22.7 Å². The molecule has 0 spiro atoms. The van der Waals surface area contributed by atoms with Crippen molar-refractivity contribution in [1.82, 2.24) is 0 Å². The predicted molar refractivity (Wildman–Crippen MR) is 97.5 cm³/mol. The van der Waals surface area contributed by atoms with E-state index in [-0.39, 0.29) is 5.91 Å². The summed E-state index contributed by atoms with van der Waals surface area (Å²) >= 11 is 0. The van der Waals surface area contributed by atoms with Gasteiger partial charge in [0.2, 0.25) is 0 Å². The Hall–Kier alpha value is -2.69. The lowest BCUT2D eigenvalue weighted by atomic mass is 10.1. The normalized spacial score (nSPS) is 10.2. The number of carbonyl (C=O) groups excluding carboxylic acids is 1. The highest BCUT2D eigenvalue weighted by Gasteiger charge is 2.11. The average Bonchev–Trinajstić information content (AvgIpc) is 2.63. The second-order valence-electron chi connectivity index (χ2n) is 5.24. The Morgan fingerprint density at radius 1 is 1.00 bits per heavy atom. The number of nitrogens with one attached hydrogen (secondary N) is 1. The second kappa shape index (κ2) is 8.24. The molecule has 5 nitrogen and oxygen atoms in total. The quantitative estimate of drug-likeness (QED) is 0.840. The van der Waals surface area contributed by atoms with Crippen LogP contribution in [0, 0.1) is 0 Å². The molecule has 1 N–H and O–H groups in total. The van der Waals surface area contributed by atoms with Gasteiger partial charge in [0.1, 0.15) is 11.5 Å². The number of ether oxygens (including phenoxy) is 2. The molecule has 128 valence electrons. The van der Waals surface area contributed by atoms with Crippen molar-refractivity contribution in [1.29, 1.82) is 0 Å². The van der Waals surface area contributed by atoms with Crippen LogP contribution in [-0.4, -0.2) is 33.2 Å². The summed E-state index contributed by atoms with van der Waals surface area (Å²) in [6.07, 6.45) is 0. The number of carbonyl (C=O) groups is 1. The van der Waals surface area contributed by atoms with Gasteiger partial charge in [-0.1, -0.05) is 0 Å². The molecule has 2 rings (SSSR count). The molecule has 0 radical (unpaired) electrons. The monoisotopic (exact) mass is 328 g/mol. The van der Waals surface area contributed by atoms with Crippen molar-refractivity contribution < 1.29 is 14.3 Å². The number of methoxy groups -OCH3 is 2. The van der Waals surface area contributed by atoms with Crippen molar-refractivity contribution in [2.75, 3.05) is 37.5 Å². The third kappa shape index (κ3) is 3.98. The molecule has 0 aliphatic carbocycles. The molecule has 0 saturated heterocycles. The highest BCUT2D eigenvalue weighted by molar-refractivity contribution is 6.05. The van der Waals surface area contributed by atoms with Crippen LogP contribution in [0.3, 0.4) is 0 Å². The van der Waals surface area contributed by atoms with Crippen LogP contribution in [0.15, 0.2) is 42.5 Å². The van der Waals surface area contributed by atoms with Crippen LogP contribution in [0.4, 0.5) is 11.4 Å². The highest BCUT2D eigenvalue weighted by Crippen LogP contribution is 2.29. The maximum absolute atomic E-state index is 12.5. The molecule has 0 heterocycles. The number of hydrogen-bond acceptors (Lipinski definition) is 4. The molecule has 1 amide bonds. The fraction of sp³-hybridized carbons (Fsp3) is 0.316. The molecule has 0 aliphatic rings. The number of benzene rings is 2. The van der Waals surface area contributed by atoms with E-state index in [1.165, 1.54) is 0 Å². The SMILES string of the molecule is CCN(CC)c1ccc(C(=O)Nc2cc(OC)ccc2OC)cc1. The molecule has 0 atom stereocenters. The van der Waals surface area contributed by atoms with Gasteiger partial charge in [0, 0.05) is 30.4 Å². The number of amides is 1. The second-order valence-corrected chi connectivity index (χ2v) is 5.24. The summed E-state index contributed by atoms with van der Waals surface area (Å²) in [6.45, 7) is 6.09. The molecule has 0 fully saturated rings. The van der Waals surface area contributed by atoms with Crippen LogP contribution in [0.5, 0.6) is 11.5 Å². The molecule has 0 aromatic heterocycles. The Balaban J connectivity index is 2.18. The van der Waals surface area contributed by atoms with Crippen molar-refractivity contribution in [3.63, 3.8) is 0 Å². The number of hydrogen-bond donors (Lipinski definition) is 1. The van der Waals surface area contributed by atoms with Gasteiger partial charge in [-0.25, -0.2) is 0 Å². The van der Waals surface area contributed by atoms with E-state index in [2.05, 4.69) is 24.1 Å². The topological polar surface area (TPSA) is 50.8 Å². The molecule has 0 bridgehead atoms. The van der Waals surface area contributed by atoms with E-state index < -0.39 is 0 Å². The van der Waals surface area contributed by atoms with Crippen LogP contribution >= 0.6 is 0 Å². The lowest BCUT2D eigenvalue weighted by Gasteiger charge is -2.21. The Labute approximate surface area is 143 Å². The zero-order chi connectivity index (χ0) is 17.5. The number of anilines is 2. The van der Waals surface area contributed by atoms with Gasteiger partial charge in [0.25, 0.3) is 5.91 Å². The fourth-order valence-corrected chi connectivity index (χ4v) is 2.52. The van der Waals surface area contributed by atoms with Gasteiger partial charge < -0.3 is 19.7 Å². The van der Waals surface area contributed by atoms with Crippen LogP contribution in [0.25, 0.3) is 0 Å². The van der Waals surface area contributed by atoms with Gasteiger partial charge >= 0.3 is 0 Å². The molecular formula is C19H24N2O3. The minimum atomic E-state index is -0.187. The zero-order valence-electron chi connectivity index (χ0n) is 14.6. The maximum atomic E-state index is 12.5. The van der Waals surface area contributed by atoms with Crippen LogP contribution in [0.1, 0.15) is 24.2 Å². The zero-order valence-corrected chi connectivity index (χ0v) is 14.6. The average molecular weight is 328 g/mol. The van der Waals surface area contributed by atoms with Gasteiger partial charge in [-0.15, -0.1) is 0 Å². The van der Waals surface area contributed by atoms with E-state index in [9.17, 15) is 4.79 Å². The summed E-state index contributed by atoms with van der Waals surface area (Å²) in [6, 6.07) is 12.9. The third-order valence-electron chi connectivity index (χ3n) is 3.91. The van der Waals surface area contributed by atoms with E-state index >= 15 is 0 Å². The molecular weight excluding hydrogens is 304 g/mol. The summed E-state index contributed by atoms with van der Waals surface area (Å²) in [4.78, 5) is 14.7. The first-order chi connectivity index (χ1) is 11.6. The lowest BCUT2D eigenvalue weighted by molar-refractivity contribution is 0.102. The van der Waals surface area contributed by atoms with Crippen molar-refractivity contribution in [3.8, 4) is 11.5 Å². The summed E-state index contributed by atoms with van der Waals surface area (Å²) in [5.74, 6) is 1.06. The van der Waals surface area contributed by atoms with E-state index in [1.807, 2.05) is 24.3 Å². The molecule has 0 saturated carbocycles. The first-order valence-electron chi connectivity index (χ1n) is 8.01. The molecule has 5 heteroatoms. The van der Waals surface area contributed by atoms with Crippen molar-refractivity contribution in [2.45, 2.75) is 13.8 Å². The van der Waals surface area contributed by atoms with Gasteiger partial charge in [-0.05, 0) is 50.2 Å². The van der Waals surface area contributed by atoms with Gasteiger partial charge in [0.05, 0.1) is 19.9 Å². The molecule has 0 unspecified atom stereocenters. The van der Waals surface area contributed by atoms with Crippen molar-refractivity contribution in [2.24, 2.45) is 0 Å². The lowest BCUT2D eigenvalue weighted by Crippen LogP contribution is -2.21. The Morgan fingerprint density at radius 3 is 2.21 bits per heavy atom. The van der Waals surface area contributed by atoms with Crippen molar-refractivity contribution in [3.05, 3.63) is 48.0 Å². The van der Waals surface area contributed by atoms with Crippen molar-refractivity contribution >= 4 is 17.3 Å². The summed E-state index contributed by atoms with van der Waals surface area (Å²) in [5.41, 5.74) is 2.28. The largest absolute Gasteiger partial charge is 0.497 e. The standard InChI is InChI=1S/C19H24N2O3/c1-5-21(6-2)15-9-7-14(8-10-15)19(22)20-17-13-16(23-3)11-12-18(17)24-4/h7-13H,5-6H2,1-4H3,(H,20,22). The smallest absolute Gasteiger partial charge is 0.255 e. The van der Waals surface area contributed by atoms with E-state index in [0.717, 1.165) is 18.8 Å². The molecule has 24 heavy (non-hydrogen) atoms. The molecule has 2 aromatic carbocycles. The first-order valence-corrected chi connectivity index (χ1v) is 8.01. The molecule has 0 aliphatic heterocycles. The Morgan fingerprint density at radius 2 is 1.67 bits per heavy atom. The van der Waals surface area contributed by atoms with Gasteiger partial charge in [-0.3, -0.25) is 4.79 Å². The summed E-state index contributed by atoms with van der Waals surface area (Å²) in [7, 11) is 3.15.